The van der Waals surface area contributed by atoms with E-state index in [2.05, 4.69) is 170 Å². The van der Waals surface area contributed by atoms with Crippen LogP contribution in [0.1, 0.15) is 5.56 Å². The Kier molecular flexibility index (Phi) is 7.82. The topological polar surface area (TPSA) is 23.8 Å². The summed E-state index contributed by atoms with van der Waals surface area (Å²) in [6.07, 6.45) is 0. The molecule has 0 saturated carbocycles. The predicted octanol–water partition coefficient (Wildman–Crippen LogP) is 13.9. The molecule has 9 rings (SSSR count). The van der Waals surface area contributed by atoms with Gasteiger partial charge in [0.15, 0.2) is 0 Å². The SMILES string of the molecule is N#Cc1cc(-c2cc(-c3ccc(-c4ccccc4)cc3)cc(-c3ccc(-c4ccccc4)cc3)c2)cc(-c2cccc3c2sc2ccccc23)c1. The van der Waals surface area contributed by atoms with Gasteiger partial charge < -0.3 is 0 Å². The third-order valence-electron chi connectivity index (χ3n) is 9.69. The van der Waals surface area contributed by atoms with Crippen LogP contribution in [0.4, 0.5) is 0 Å². The second-order valence-electron chi connectivity index (χ2n) is 12.9. The van der Waals surface area contributed by atoms with Gasteiger partial charge in [-0.2, -0.15) is 5.26 Å². The molecular weight excluding hydrogens is 635 g/mol. The van der Waals surface area contributed by atoms with Crippen LogP contribution >= 0.6 is 11.3 Å². The van der Waals surface area contributed by atoms with Crippen molar-refractivity contribution in [2.24, 2.45) is 0 Å². The molecule has 1 aromatic heterocycles. The lowest BCUT2D eigenvalue weighted by Gasteiger charge is -2.14. The highest BCUT2D eigenvalue weighted by Gasteiger charge is 2.14. The van der Waals surface area contributed by atoms with Crippen LogP contribution in [0.25, 0.3) is 86.9 Å². The van der Waals surface area contributed by atoms with Gasteiger partial charge in [0.2, 0.25) is 0 Å². The third-order valence-corrected chi connectivity index (χ3v) is 10.9. The highest BCUT2D eigenvalue weighted by molar-refractivity contribution is 7.26. The number of fused-ring (bicyclic) bond motifs is 3. The minimum absolute atomic E-state index is 0.645. The number of rotatable bonds is 6. The third kappa shape index (κ3) is 5.91. The van der Waals surface area contributed by atoms with Crippen molar-refractivity contribution in [2.45, 2.75) is 0 Å². The Bertz CT molecular complexity index is 2610. The summed E-state index contributed by atoms with van der Waals surface area (Å²) in [5.74, 6) is 0. The molecule has 0 bridgehead atoms. The molecule has 1 nitrogen and oxygen atoms in total. The van der Waals surface area contributed by atoms with Crippen LogP contribution < -0.4 is 0 Å². The van der Waals surface area contributed by atoms with Crippen LogP contribution in [0.15, 0.2) is 188 Å². The van der Waals surface area contributed by atoms with Crippen molar-refractivity contribution < 1.29 is 0 Å². The second kappa shape index (κ2) is 13.1. The van der Waals surface area contributed by atoms with Crippen molar-refractivity contribution in [1.82, 2.24) is 0 Å². The van der Waals surface area contributed by atoms with Gasteiger partial charge in [0.05, 0.1) is 11.6 Å². The van der Waals surface area contributed by atoms with Crippen LogP contribution in [0.2, 0.25) is 0 Å². The molecule has 2 heteroatoms. The number of hydrogen-bond acceptors (Lipinski definition) is 2. The van der Waals surface area contributed by atoms with E-state index in [1.165, 1.54) is 42.4 Å². The smallest absolute Gasteiger partial charge is 0.0992 e. The van der Waals surface area contributed by atoms with Crippen LogP contribution in [0, 0.1) is 11.3 Å². The quantitative estimate of drug-likeness (QED) is 0.173. The number of nitrogens with zero attached hydrogens (tertiary/aromatic N) is 1. The van der Waals surface area contributed by atoms with E-state index >= 15 is 0 Å². The van der Waals surface area contributed by atoms with Crippen LogP contribution in [0.3, 0.4) is 0 Å². The van der Waals surface area contributed by atoms with E-state index in [-0.39, 0.29) is 0 Å². The zero-order valence-corrected chi connectivity index (χ0v) is 28.6. The Morgan fingerprint density at radius 2 is 0.745 bits per heavy atom. The minimum Gasteiger partial charge on any atom is -0.192 e. The molecule has 0 unspecified atom stereocenters. The molecule has 0 aliphatic carbocycles. The maximum Gasteiger partial charge on any atom is 0.0992 e. The number of nitriles is 1. The summed E-state index contributed by atoms with van der Waals surface area (Å²) < 4.78 is 2.51. The molecule has 0 aliphatic rings. The molecule has 51 heavy (non-hydrogen) atoms. The first kappa shape index (κ1) is 30.5. The lowest BCUT2D eigenvalue weighted by Crippen LogP contribution is -1.89. The maximum absolute atomic E-state index is 10.3. The Balaban J connectivity index is 1.19. The Morgan fingerprint density at radius 3 is 1.31 bits per heavy atom. The fourth-order valence-electron chi connectivity index (χ4n) is 7.09. The van der Waals surface area contributed by atoms with Gasteiger partial charge in [-0.15, -0.1) is 11.3 Å². The van der Waals surface area contributed by atoms with E-state index in [0.29, 0.717) is 5.56 Å². The molecule has 0 atom stereocenters. The number of thiophene rings is 1. The van der Waals surface area contributed by atoms with Gasteiger partial charge in [-0.25, -0.2) is 0 Å². The van der Waals surface area contributed by atoms with E-state index in [1.807, 2.05) is 35.6 Å². The summed E-state index contributed by atoms with van der Waals surface area (Å²) >= 11 is 1.81. The van der Waals surface area contributed by atoms with Crippen molar-refractivity contribution >= 4 is 31.5 Å². The molecule has 0 aliphatic heterocycles. The molecule has 1 heterocycles. The van der Waals surface area contributed by atoms with Crippen LogP contribution in [0.5, 0.6) is 0 Å². The van der Waals surface area contributed by atoms with Crippen molar-refractivity contribution in [3.8, 4) is 72.8 Å². The summed E-state index contributed by atoms with van der Waals surface area (Å²) in [4.78, 5) is 0. The van der Waals surface area contributed by atoms with Gasteiger partial charge in [-0.05, 0) is 109 Å². The van der Waals surface area contributed by atoms with Crippen molar-refractivity contribution in [1.29, 1.82) is 5.26 Å². The normalized spacial score (nSPS) is 11.1. The fraction of sp³-hybridized carbons (Fsp3) is 0. The predicted molar refractivity (Wildman–Crippen MR) is 217 cm³/mol. The van der Waals surface area contributed by atoms with Crippen LogP contribution in [-0.4, -0.2) is 0 Å². The molecule has 8 aromatic carbocycles. The molecule has 0 fully saturated rings. The number of benzene rings is 8. The van der Waals surface area contributed by atoms with E-state index in [4.69, 9.17) is 0 Å². The van der Waals surface area contributed by atoms with Crippen molar-refractivity contribution in [2.75, 3.05) is 0 Å². The minimum atomic E-state index is 0.645. The Labute approximate surface area is 302 Å². The fourth-order valence-corrected chi connectivity index (χ4v) is 8.33. The molecule has 0 spiro atoms. The summed E-state index contributed by atoms with van der Waals surface area (Å²) in [5, 5.41) is 12.8. The first-order valence-corrected chi connectivity index (χ1v) is 17.9. The molecular formula is C49H31NS. The second-order valence-corrected chi connectivity index (χ2v) is 13.9. The van der Waals surface area contributed by atoms with Gasteiger partial charge >= 0.3 is 0 Å². The molecule has 9 aromatic rings. The Morgan fingerprint density at radius 1 is 0.333 bits per heavy atom. The van der Waals surface area contributed by atoms with Gasteiger partial charge in [-0.3, -0.25) is 0 Å². The van der Waals surface area contributed by atoms with E-state index in [1.54, 1.807) is 0 Å². The monoisotopic (exact) mass is 665 g/mol. The first-order chi connectivity index (χ1) is 25.2. The van der Waals surface area contributed by atoms with Crippen LogP contribution in [-0.2, 0) is 0 Å². The largest absolute Gasteiger partial charge is 0.192 e. The van der Waals surface area contributed by atoms with E-state index in [9.17, 15) is 5.26 Å². The maximum atomic E-state index is 10.3. The highest BCUT2D eigenvalue weighted by atomic mass is 32.1. The molecule has 238 valence electrons. The Hall–Kier alpha value is -6.53. The van der Waals surface area contributed by atoms with Gasteiger partial charge in [-0.1, -0.05) is 146 Å². The number of hydrogen-bond donors (Lipinski definition) is 0. The summed E-state index contributed by atoms with van der Waals surface area (Å²) in [6.45, 7) is 0. The molecule has 0 saturated heterocycles. The first-order valence-electron chi connectivity index (χ1n) is 17.1. The average Bonchev–Trinajstić information content (AvgIpc) is 3.60. The zero-order chi connectivity index (χ0) is 34.1. The molecule has 0 radical (unpaired) electrons. The summed E-state index contributed by atoms with van der Waals surface area (Å²) in [6, 6.07) is 69.3. The summed E-state index contributed by atoms with van der Waals surface area (Å²) in [5.41, 5.74) is 14.3. The molecule has 0 amide bonds. The standard InChI is InChI=1S/C49H31NS/c50-32-33-26-40(31-44(27-33)45-15-9-16-47-46-14-7-8-17-48(46)51-49(45)47)43-29-41(38-22-18-36(19-23-38)34-10-3-1-4-11-34)28-42(30-43)39-24-20-37(21-25-39)35-12-5-2-6-13-35/h1-31H. The van der Waals surface area contributed by atoms with Gasteiger partial charge in [0, 0.05) is 20.2 Å². The summed E-state index contributed by atoms with van der Waals surface area (Å²) in [7, 11) is 0. The lowest BCUT2D eigenvalue weighted by atomic mass is 9.90. The lowest BCUT2D eigenvalue weighted by molar-refractivity contribution is 1.48. The average molecular weight is 666 g/mol. The van der Waals surface area contributed by atoms with Gasteiger partial charge in [0.25, 0.3) is 0 Å². The molecule has 0 N–H and O–H groups in total. The van der Waals surface area contributed by atoms with E-state index < -0.39 is 0 Å². The van der Waals surface area contributed by atoms with E-state index in [0.717, 1.165) is 44.5 Å². The van der Waals surface area contributed by atoms with Crippen molar-refractivity contribution in [3.05, 3.63) is 194 Å². The highest BCUT2D eigenvalue weighted by Crippen LogP contribution is 2.42. The van der Waals surface area contributed by atoms with Gasteiger partial charge in [0.1, 0.15) is 0 Å². The van der Waals surface area contributed by atoms with Crippen molar-refractivity contribution in [3.63, 3.8) is 0 Å². The zero-order valence-electron chi connectivity index (χ0n) is 27.8.